The molecular formula is C25H21N3O5. The molecule has 1 aromatic heterocycles. The molecule has 8 nitrogen and oxygen atoms in total. The third kappa shape index (κ3) is 3.34. The van der Waals surface area contributed by atoms with Crippen LogP contribution in [0.1, 0.15) is 28.3 Å². The Kier molecular flexibility index (Phi) is 4.94. The van der Waals surface area contributed by atoms with Crippen molar-refractivity contribution < 1.29 is 18.9 Å². The van der Waals surface area contributed by atoms with Crippen molar-refractivity contribution in [1.82, 2.24) is 4.57 Å². The van der Waals surface area contributed by atoms with E-state index in [0.717, 1.165) is 5.56 Å². The van der Waals surface area contributed by atoms with Crippen LogP contribution in [0.4, 0.5) is 0 Å². The Bertz CT molecular complexity index is 1400. The summed E-state index contributed by atoms with van der Waals surface area (Å²) in [7, 11) is 1.59. The number of aromatic nitrogens is 1. The molecular weight excluding hydrogens is 422 g/mol. The number of hydrogen-bond acceptors (Lipinski definition) is 7. The van der Waals surface area contributed by atoms with E-state index >= 15 is 0 Å². The normalized spacial score (nSPS) is 16.1. The molecule has 3 heterocycles. The number of aryl methyl sites for hydroxylation is 1. The molecule has 5 rings (SSSR count). The van der Waals surface area contributed by atoms with Crippen LogP contribution in [-0.4, -0.2) is 18.5 Å². The molecule has 0 spiro atoms. The minimum absolute atomic E-state index is 0.0195. The van der Waals surface area contributed by atoms with Gasteiger partial charge in [0, 0.05) is 17.3 Å². The molecule has 0 bridgehead atoms. The Balaban J connectivity index is 1.69. The Morgan fingerprint density at radius 3 is 2.73 bits per heavy atom. The number of nitrogens with two attached hydrogens (primary N) is 1. The summed E-state index contributed by atoms with van der Waals surface area (Å²) < 4.78 is 23.8. The zero-order valence-electron chi connectivity index (χ0n) is 18.1. The number of ether oxygens (including phenoxy) is 4. The van der Waals surface area contributed by atoms with Crippen molar-refractivity contribution in [1.29, 1.82) is 5.26 Å². The highest BCUT2D eigenvalue weighted by Gasteiger charge is 2.35. The Morgan fingerprint density at radius 2 is 1.94 bits per heavy atom. The molecule has 0 radical (unpaired) electrons. The highest BCUT2D eigenvalue weighted by atomic mass is 16.7. The molecule has 33 heavy (non-hydrogen) atoms. The van der Waals surface area contributed by atoms with Gasteiger partial charge in [-0.15, -0.1) is 0 Å². The van der Waals surface area contributed by atoms with Crippen molar-refractivity contribution in [3.8, 4) is 29.1 Å². The average molecular weight is 443 g/mol. The van der Waals surface area contributed by atoms with E-state index in [9.17, 15) is 10.1 Å². The second kappa shape index (κ2) is 7.95. The summed E-state index contributed by atoms with van der Waals surface area (Å²) in [5, 5.41) is 9.88. The van der Waals surface area contributed by atoms with Gasteiger partial charge in [0.05, 0.1) is 25.1 Å². The quantitative estimate of drug-likeness (QED) is 0.660. The fourth-order valence-electron chi connectivity index (χ4n) is 4.31. The van der Waals surface area contributed by atoms with Gasteiger partial charge < -0.3 is 29.2 Å². The van der Waals surface area contributed by atoms with E-state index in [-0.39, 0.29) is 23.8 Å². The first-order valence-electron chi connectivity index (χ1n) is 10.3. The Hall–Kier alpha value is -4.38. The van der Waals surface area contributed by atoms with Crippen molar-refractivity contribution in [3.05, 3.63) is 92.7 Å². The van der Waals surface area contributed by atoms with E-state index in [1.807, 2.05) is 37.3 Å². The monoisotopic (exact) mass is 443 g/mol. The maximum absolute atomic E-state index is 13.8. The lowest BCUT2D eigenvalue weighted by atomic mass is 9.84. The molecule has 8 heteroatoms. The van der Waals surface area contributed by atoms with Gasteiger partial charge in [0.2, 0.25) is 12.7 Å². The number of hydrogen-bond donors (Lipinski definition) is 1. The van der Waals surface area contributed by atoms with Crippen LogP contribution in [-0.2, 0) is 6.54 Å². The van der Waals surface area contributed by atoms with Crippen LogP contribution in [0, 0.1) is 18.3 Å². The fourth-order valence-corrected chi connectivity index (χ4v) is 4.31. The molecule has 0 amide bonds. The van der Waals surface area contributed by atoms with E-state index in [0.29, 0.717) is 46.4 Å². The molecule has 166 valence electrons. The molecule has 2 N–H and O–H groups in total. The van der Waals surface area contributed by atoms with Crippen LogP contribution in [0.25, 0.3) is 0 Å². The smallest absolute Gasteiger partial charge is 0.259 e. The topological polar surface area (TPSA) is 109 Å². The number of nitriles is 1. The maximum Gasteiger partial charge on any atom is 0.259 e. The molecule has 0 aliphatic carbocycles. The summed E-state index contributed by atoms with van der Waals surface area (Å²) >= 11 is 0. The van der Waals surface area contributed by atoms with Gasteiger partial charge in [-0.05, 0) is 30.7 Å². The molecule has 0 unspecified atom stereocenters. The van der Waals surface area contributed by atoms with E-state index in [4.69, 9.17) is 24.7 Å². The SMILES string of the molecule is COc1ccccc1Cn1c(C)cc2c(c1=O)[C@@H](c1ccc3c(c1)OCO3)C(C#N)=C(N)O2. The lowest BCUT2D eigenvalue weighted by Crippen LogP contribution is -2.33. The van der Waals surface area contributed by atoms with E-state index < -0.39 is 5.92 Å². The first-order chi connectivity index (χ1) is 16.0. The first-order valence-corrected chi connectivity index (χ1v) is 10.3. The Labute approximate surface area is 190 Å². The minimum Gasteiger partial charge on any atom is -0.496 e. The summed E-state index contributed by atoms with van der Waals surface area (Å²) in [5.41, 5.74) is 8.60. The van der Waals surface area contributed by atoms with Gasteiger partial charge in [-0.1, -0.05) is 24.3 Å². The van der Waals surface area contributed by atoms with E-state index in [1.54, 1.807) is 29.9 Å². The van der Waals surface area contributed by atoms with Gasteiger partial charge in [-0.3, -0.25) is 4.79 Å². The summed E-state index contributed by atoms with van der Waals surface area (Å²) in [6.45, 7) is 2.25. The second-order valence-electron chi connectivity index (χ2n) is 7.80. The molecule has 0 fully saturated rings. The maximum atomic E-state index is 13.8. The summed E-state index contributed by atoms with van der Waals surface area (Å²) in [6.07, 6.45) is 0. The van der Waals surface area contributed by atoms with Gasteiger partial charge in [0.15, 0.2) is 11.5 Å². The van der Waals surface area contributed by atoms with Gasteiger partial charge in [0.25, 0.3) is 5.56 Å². The van der Waals surface area contributed by atoms with Crippen LogP contribution >= 0.6 is 0 Å². The number of para-hydroxylation sites is 1. The Morgan fingerprint density at radius 1 is 1.15 bits per heavy atom. The second-order valence-corrected chi connectivity index (χ2v) is 7.80. The highest BCUT2D eigenvalue weighted by Crippen LogP contribution is 2.43. The standard InChI is InChI=1S/C25H21N3O5/c1-14-9-21-23(25(29)28(14)12-16-5-3-4-6-18(16)30-2)22(17(11-26)24(27)33-21)15-7-8-19-20(10-15)32-13-31-19/h3-10,22H,12-13,27H2,1-2H3/t22-/m0/s1. The summed E-state index contributed by atoms with van der Waals surface area (Å²) in [6, 6.07) is 16.8. The lowest BCUT2D eigenvalue weighted by molar-refractivity contribution is 0.174. The predicted octanol–water partition coefficient (Wildman–Crippen LogP) is 3.16. The van der Waals surface area contributed by atoms with Crippen LogP contribution in [0.5, 0.6) is 23.0 Å². The third-order valence-electron chi connectivity index (χ3n) is 5.94. The van der Waals surface area contributed by atoms with Crippen molar-refractivity contribution in [2.24, 2.45) is 5.73 Å². The molecule has 1 atom stereocenters. The van der Waals surface area contributed by atoms with Crippen LogP contribution in [0.3, 0.4) is 0 Å². The fraction of sp³-hybridized carbons (Fsp3) is 0.200. The minimum atomic E-state index is -0.703. The van der Waals surface area contributed by atoms with Gasteiger partial charge >= 0.3 is 0 Å². The number of methoxy groups -OCH3 is 1. The first kappa shape index (κ1) is 20.5. The summed E-state index contributed by atoms with van der Waals surface area (Å²) in [5.74, 6) is 1.47. The predicted molar refractivity (Wildman–Crippen MR) is 119 cm³/mol. The number of fused-ring (bicyclic) bond motifs is 2. The van der Waals surface area contributed by atoms with Gasteiger partial charge in [-0.2, -0.15) is 5.26 Å². The van der Waals surface area contributed by atoms with Crippen molar-refractivity contribution in [3.63, 3.8) is 0 Å². The molecule has 2 aliphatic rings. The zero-order chi connectivity index (χ0) is 23.1. The average Bonchev–Trinajstić information content (AvgIpc) is 3.29. The molecule has 2 aromatic carbocycles. The van der Waals surface area contributed by atoms with E-state index in [1.165, 1.54) is 0 Å². The number of pyridine rings is 1. The van der Waals surface area contributed by atoms with Crippen molar-refractivity contribution in [2.75, 3.05) is 13.9 Å². The number of nitrogens with zero attached hydrogens (tertiary/aromatic N) is 2. The van der Waals surface area contributed by atoms with Gasteiger partial charge in [0.1, 0.15) is 23.1 Å². The number of allylic oxidation sites excluding steroid dienone is 1. The van der Waals surface area contributed by atoms with Crippen molar-refractivity contribution in [2.45, 2.75) is 19.4 Å². The van der Waals surface area contributed by atoms with E-state index in [2.05, 4.69) is 6.07 Å². The zero-order valence-corrected chi connectivity index (χ0v) is 18.1. The third-order valence-corrected chi connectivity index (χ3v) is 5.94. The van der Waals surface area contributed by atoms with Gasteiger partial charge in [-0.25, -0.2) is 0 Å². The molecule has 3 aromatic rings. The van der Waals surface area contributed by atoms with Crippen LogP contribution in [0.2, 0.25) is 0 Å². The largest absolute Gasteiger partial charge is 0.496 e. The lowest BCUT2D eigenvalue weighted by Gasteiger charge is -2.27. The van der Waals surface area contributed by atoms with Crippen LogP contribution in [0.15, 0.2) is 64.8 Å². The molecule has 0 saturated carbocycles. The number of benzene rings is 2. The number of rotatable bonds is 4. The molecule has 0 saturated heterocycles. The summed E-state index contributed by atoms with van der Waals surface area (Å²) in [4.78, 5) is 13.8. The van der Waals surface area contributed by atoms with Crippen molar-refractivity contribution >= 4 is 0 Å². The highest BCUT2D eigenvalue weighted by molar-refractivity contribution is 5.58. The van der Waals surface area contributed by atoms with Crippen LogP contribution < -0.4 is 30.2 Å². The molecule has 2 aliphatic heterocycles.